The Bertz CT molecular complexity index is 406. The van der Waals surface area contributed by atoms with Crippen LogP contribution in [0.1, 0.15) is 24.8 Å². The molecular formula is C14H16O2. The maximum Gasteiger partial charge on any atom is 0.333 e. The number of esters is 1. The van der Waals surface area contributed by atoms with Crippen LogP contribution >= 0.6 is 0 Å². The first-order valence-electron chi connectivity index (χ1n) is 5.54. The van der Waals surface area contributed by atoms with Crippen LogP contribution in [0.25, 0.3) is 0 Å². The van der Waals surface area contributed by atoms with Gasteiger partial charge < -0.3 is 4.74 Å². The summed E-state index contributed by atoms with van der Waals surface area (Å²) < 4.78 is 4.67. The van der Waals surface area contributed by atoms with Gasteiger partial charge >= 0.3 is 5.97 Å². The van der Waals surface area contributed by atoms with Gasteiger partial charge in [-0.2, -0.15) is 0 Å². The second-order valence-electron chi connectivity index (χ2n) is 4.26. The first-order chi connectivity index (χ1) is 7.72. The lowest BCUT2D eigenvalue weighted by Gasteiger charge is -1.99. The molecule has 0 saturated heterocycles. The van der Waals surface area contributed by atoms with Gasteiger partial charge in [0.05, 0.1) is 7.11 Å². The van der Waals surface area contributed by atoms with Crippen molar-refractivity contribution >= 4 is 5.97 Å². The Morgan fingerprint density at radius 3 is 2.69 bits per heavy atom. The van der Waals surface area contributed by atoms with E-state index in [0.717, 1.165) is 6.42 Å². The second-order valence-corrected chi connectivity index (χ2v) is 4.26. The molecule has 2 heteroatoms. The van der Waals surface area contributed by atoms with Gasteiger partial charge in [-0.3, -0.25) is 0 Å². The van der Waals surface area contributed by atoms with Crippen molar-refractivity contribution < 1.29 is 9.53 Å². The van der Waals surface area contributed by atoms with Crippen LogP contribution in [0.3, 0.4) is 0 Å². The molecule has 1 aliphatic rings. The van der Waals surface area contributed by atoms with Crippen LogP contribution < -0.4 is 0 Å². The predicted molar refractivity (Wildman–Crippen MR) is 63.1 cm³/mol. The molecular weight excluding hydrogens is 200 g/mol. The van der Waals surface area contributed by atoms with Gasteiger partial charge in [-0.25, -0.2) is 4.79 Å². The molecule has 0 bridgehead atoms. The van der Waals surface area contributed by atoms with E-state index in [1.54, 1.807) is 0 Å². The summed E-state index contributed by atoms with van der Waals surface area (Å²) in [6.45, 7) is 1.81. The van der Waals surface area contributed by atoms with Crippen molar-refractivity contribution in [2.24, 2.45) is 5.92 Å². The molecule has 0 heterocycles. The van der Waals surface area contributed by atoms with Crippen molar-refractivity contribution in [3.8, 4) is 0 Å². The van der Waals surface area contributed by atoms with Gasteiger partial charge in [-0.1, -0.05) is 36.4 Å². The van der Waals surface area contributed by atoms with Gasteiger partial charge in [0, 0.05) is 5.57 Å². The molecule has 16 heavy (non-hydrogen) atoms. The van der Waals surface area contributed by atoms with Crippen molar-refractivity contribution in [2.45, 2.75) is 19.3 Å². The highest BCUT2D eigenvalue weighted by Crippen LogP contribution is 2.48. The van der Waals surface area contributed by atoms with E-state index in [2.05, 4.69) is 29.0 Å². The van der Waals surface area contributed by atoms with Gasteiger partial charge in [-0.05, 0) is 30.7 Å². The number of carbonyl (C=O) groups excluding carboxylic acids is 1. The van der Waals surface area contributed by atoms with Crippen LogP contribution in [0.5, 0.6) is 0 Å². The molecule has 2 rings (SSSR count). The molecule has 0 aliphatic heterocycles. The molecule has 1 aromatic rings. The number of benzene rings is 1. The Balaban J connectivity index is 2.00. The SMILES string of the molecule is COC(=O)/C(C)=C/[C@@H]1C[C@H]1c1ccccc1. The first-order valence-corrected chi connectivity index (χ1v) is 5.54. The molecule has 2 nitrogen and oxygen atoms in total. The third-order valence-electron chi connectivity index (χ3n) is 3.04. The average molecular weight is 216 g/mol. The van der Waals surface area contributed by atoms with E-state index >= 15 is 0 Å². The molecule has 0 aromatic heterocycles. The lowest BCUT2D eigenvalue weighted by atomic mass is 10.1. The second kappa shape index (κ2) is 4.52. The maximum atomic E-state index is 11.2. The Morgan fingerprint density at radius 2 is 2.06 bits per heavy atom. The number of rotatable bonds is 3. The highest BCUT2D eigenvalue weighted by Gasteiger charge is 2.36. The van der Waals surface area contributed by atoms with Crippen LogP contribution in [0.2, 0.25) is 0 Å². The summed E-state index contributed by atoms with van der Waals surface area (Å²) >= 11 is 0. The molecule has 1 saturated carbocycles. The standard InChI is InChI=1S/C14H16O2/c1-10(14(15)16-2)8-12-9-13(12)11-6-4-3-5-7-11/h3-8,12-13H,9H2,1-2H3/b10-8+/t12-,13+/m1/s1. The van der Waals surface area contributed by atoms with E-state index in [4.69, 9.17) is 0 Å². The lowest BCUT2D eigenvalue weighted by molar-refractivity contribution is -0.136. The van der Waals surface area contributed by atoms with Gasteiger partial charge in [0.2, 0.25) is 0 Å². The topological polar surface area (TPSA) is 26.3 Å². The third kappa shape index (κ3) is 2.32. The third-order valence-corrected chi connectivity index (χ3v) is 3.04. The number of ether oxygens (including phenoxy) is 1. The molecule has 1 fully saturated rings. The summed E-state index contributed by atoms with van der Waals surface area (Å²) in [5.41, 5.74) is 2.08. The minimum atomic E-state index is -0.223. The summed E-state index contributed by atoms with van der Waals surface area (Å²) in [7, 11) is 1.42. The fourth-order valence-electron chi connectivity index (χ4n) is 2.03. The molecule has 0 radical (unpaired) electrons. The van der Waals surface area contributed by atoms with E-state index in [9.17, 15) is 4.79 Å². The summed E-state index contributed by atoms with van der Waals surface area (Å²) in [6.07, 6.45) is 3.17. The number of methoxy groups -OCH3 is 1. The fourth-order valence-corrected chi connectivity index (χ4v) is 2.03. The molecule has 84 valence electrons. The minimum Gasteiger partial charge on any atom is -0.466 e. The largest absolute Gasteiger partial charge is 0.466 e. The molecule has 0 amide bonds. The predicted octanol–water partition coefficient (Wildman–Crippen LogP) is 2.91. The van der Waals surface area contributed by atoms with Crippen LogP contribution in [0, 0.1) is 5.92 Å². The molecule has 2 atom stereocenters. The highest BCUT2D eigenvalue weighted by molar-refractivity contribution is 5.87. The Kier molecular flexibility index (Phi) is 3.09. The van der Waals surface area contributed by atoms with Gasteiger partial charge in [0.15, 0.2) is 0 Å². The quantitative estimate of drug-likeness (QED) is 0.573. The number of hydrogen-bond donors (Lipinski definition) is 0. The van der Waals surface area contributed by atoms with Crippen LogP contribution in [-0.4, -0.2) is 13.1 Å². The number of hydrogen-bond acceptors (Lipinski definition) is 2. The Labute approximate surface area is 95.9 Å². The summed E-state index contributed by atoms with van der Waals surface area (Å²) in [4.78, 5) is 11.2. The number of carbonyl (C=O) groups is 1. The zero-order chi connectivity index (χ0) is 11.5. The van der Waals surface area contributed by atoms with Crippen LogP contribution in [0.15, 0.2) is 42.0 Å². The van der Waals surface area contributed by atoms with E-state index in [1.165, 1.54) is 12.7 Å². The van der Waals surface area contributed by atoms with E-state index < -0.39 is 0 Å². The normalized spacial score (nSPS) is 24.0. The maximum absolute atomic E-state index is 11.2. The molecule has 1 aliphatic carbocycles. The van der Waals surface area contributed by atoms with Crippen molar-refractivity contribution in [3.05, 3.63) is 47.5 Å². The molecule has 0 unspecified atom stereocenters. The zero-order valence-electron chi connectivity index (χ0n) is 9.64. The summed E-state index contributed by atoms with van der Waals surface area (Å²) in [5, 5.41) is 0. The van der Waals surface area contributed by atoms with Gasteiger partial charge in [0.1, 0.15) is 0 Å². The average Bonchev–Trinajstić information content (AvgIpc) is 3.08. The van der Waals surface area contributed by atoms with Crippen molar-refractivity contribution in [1.29, 1.82) is 0 Å². The first kappa shape index (κ1) is 10.9. The highest BCUT2D eigenvalue weighted by atomic mass is 16.5. The van der Waals surface area contributed by atoms with E-state index in [-0.39, 0.29) is 5.97 Å². The van der Waals surface area contributed by atoms with Crippen molar-refractivity contribution in [3.63, 3.8) is 0 Å². The summed E-state index contributed by atoms with van der Waals surface area (Å²) in [5.74, 6) is 0.862. The minimum absolute atomic E-state index is 0.223. The lowest BCUT2D eigenvalue weighted by Crippen LogP contribution is -2.01. The molecule has 0 N–H and O–H groups in total. The summed E-state index contributed by atoms with van der Waals surface area (Å²) in [6, 6.07) is 10.4. The zero-order valence-corrected chi connectivity index (χ0v) is 9.64. The number of allylic oxidation sites excluding steroid dienone is 1. The van der Waals surface area contributed by atoms with E-state index in [1.807, 2.05) is 19.1 Å². The fraction of sp³-hybridized carbons (Fsp3) is 0.357. The smallest absolute Gasteiger partial charge is 0.333 e. The van der Waals surface area contributed by atoms with Gasteiger partial charge in [-0.15, -0.1) is 0 Å². The monoisotopic (exact) mass is 216 g/mol. The van der Waals surface area contributed by atoms with E-state index in [0.29, 0.717) is 17.4 Å². The Morgan fingerprint density at radius 1 is 1.38 bits per heavy atom. The molecule has 1 aromatic carbocycles. The van der Waals surface area contributed by atoms with Crippen LogP contribution in [-0.2, 0) is 9.53 Å². The van der Waals surface area contributed by atoms with Gasteiger partial charge in [0.25, 0.3) is 0 Å². The van der Waals surface area contributed by atoms with Crippen LogP contribution in [0.4, 0.5) is 0 Å². The van der Waals surface area contributed by atoms with Crippen molar-refractivity contribution in [1.82, 2.24) is 0 Å². The Hall–Kier alpha value is -1.57. The molecule has 0 spiro atoms. The van der Waals surface area contributed by atoms with Crippen molar-refractivity contribution in [2.75, 3.05) is 7.11 Å².